The highest BCUT2D eigenvalue weighted by molar-refractivity contribution is 14.0. The molecule has 0 unspecified atom stereocenters. The lowest BCUT2D eigenvalue weighted by molar-refractivity contribution is 0.595. The minimum absolute atomic E-state index is 0. The third-order valence-corrected chi connectivity index (χ3v) is 3.06. The van der Waals surface area contributed by atoms with Gasteiger partial charge in [-0.05, 0) is 36.5 Å². The van der Waals surface area contributed by atoms with Gasteiger partial charge >= 0.3 is 0 Å². The Morgan fingerprint density at radius 3 is 2.75 bits per heavy atom. The van der Waals surface area contributed by atoms with Gasteiger partial charge in [-0.3, -0.25) is 4.99 Å². The Hall–Kier alpha value is -0.560. The Morgan fingerprint density at radius 2 is 2.15 bits per heavy atom. The summed E-state index contributed by atoms with van der Waals surface area (Å²) < 4.78 is 12.9. The van der Waals surface area contributed by atoms with Crippen LogP contribution in [0.15, 0.2) is 23.2 Å². The van der Waals surface area contributed by atoms with Crippen molar-refractivity contribution in [3.63, 3.8) is 0 Å². The summed E-state index contributed by atoms with van der Waals surface area (Å²) in [4.78, 5) is 4.22. The van der Waals surface area contributed by atoms with Crippen LogP contribution in [-0.4, -0.2) is 19.0 Å². The third-order valence-electron chi connectivity index (χ3n) is 2.70. The highest BCUT2D eigenvalue weighted by atomic mass is 127. The van der Waals surface area contributed by atoms with Gasteiger partial charge in [0, 0.05) is 18.1 Å². The Kier molecular flexibility index (Phi) is 9.92. The zero-order valence-electron chi connectivity index (χ0n) is 11.8. The predicted molar refractivity (Wildman–Crippen MR) is 94.5 cm³/mol. The minimum Gasteiger partial charge on any atom is -0.370 e. The van der Waals surface area contributed by atoms with E-state index in [2.05, 4.69) is 24.2 Å². The lowest BCUT2D eigenvalue weighted by atomic mass is 10.1. The van der Waals surface area contributed by atoms with E-state index < -0.39 is 0 Å². The van der Waals surface area contributed by atoms with Crippen molar-refractivity contribution < 1.29 is 4.39 Å². The standard InChI is InChI=1S/C14H21ClFN3.HI/c1-10(2)5-7-18-14(17)19-8-6-11-3-4-12(16)9-13(11)15;/h3-4,9-10H,5-8H2,1-2H3,(H3,17,18,19);1H. The van der Waals surface area contributed by atoms with Crippen molar-refractivity contribution in [1.82, 2.24) is 5.32 Å². The third kappa shape index (κ3) is 7.89. The first-order chi connectivity index (χ1) is 8.99. The molecule has 0 fully saturated rings. The number of nitrogens with two attached hydrogens (primary N) is 1. The minimum atomic E-state index is -0.323. The summed E-state index contributed by atoms with van der Waals surface area (Å²) in [7, 11) is 0. The fourth-order valence-corrected chi connectivity index (χ4v) is 1.81. The number of nitrogens with one attached hydrogen (secondary N) is 1. The number of aliphatic imine (C=N–C) groups is 1. The molecule has 0 spiro atoms. The molecule has 20 heavy (non-hydrogen) atoms. The molecule has 3 N–H and O–H groups in total. The maximum Gasteiger partial charge on any atom is 0.188 e. The fraction of sp³-hybridized carbons (Fsp3) is 0.500. The first-order valence-electron chi connectivity index (χ1n) is 6.46. The molecule has 3 nitrogen and oxygen atoms in total. The van der Waals surface area contributed by atoms with Crippen molar-refractivity contribution in [1.29, 1.82) is 0 Å². The Balaban J connectivity index is 0.00000361. The Labute approximate surface area is 142 Å². The fourth-order valence-electron chi connectivity index (χ4n) is 1.55. The SMILES string of the molecule is CC(C)CCN=C(N)NCCc1ccc(F)cc1Cl.I. The summed E-state index contributed by atoms with van der Waals surface area (Å²) in [5.74, 6) is 0.741. The molecule has 0 amide bonds. The molecule has 0 heterocycles. The summed E-state index contributed by atoms with van der Waals surface area (Å²) in [6.45, 7) is 5.65. The quantitative estimate of drug-likeness (QED) is 0.425. The normalized spacial score (nSPS) is 11.3. The largest absolute Gasteiger partial charge is 0.370 e. The van der Waals surface area contributed by atoms with Crippen molar-refractivity contribution in [2.75, 3.05) is 13.1 Å². The van der Waals surface area contributed by atoms with Crippen LogP contribution in [0, 0.1) is 11.7 Å². The maximum atomic E-state index is 12.9. The second kappa shape index (κ2) is 10.2. The molecule has 0 atom stereocenters. The lowest BCUT2D eigenvalue weighted by Gasteiger charge is -2.07. The average Bonchev–Trinajstić information content (AvgIpc) is 2.31. The molecule has 0 aliphatic heterocycles. The van der Waals surface area contributed by atoms with E-state index in [-0.39, 0.29) is 29.8 Å². The van der Waals surface area contributed by atoms with Gasteiger partial charge in [-0.2, -0.15) is 0 Å². The van der Waals surface area contributed by atoms with Gasteiger partial charge in [-0.25, -0.2) is 4.39 Å². The van der Waals surface area contributed by atoms with E-state index in [1.807, 2.05) is 0 Å². The average molecular weight is 414 g/mol. The molecule has 114 valence electrons. The molecule has 0 saturated heterocycles. The smallest absolute Gasteiger partial charge is 0.188 e. The number of rotatable bonds is 6. The molecule has 1 aromatic rings. The van der Waals surface area contributed by atoms with Crippen molar-refractivity contribution in [2.45, 2.75) is 26.7 Å². The Morgan fingerprint density at radius 1 is 1.45 bits per heavy atom. The van der Waals surface area contributed by atoms with E-state index in [0.717, 1.165) is 18.5 Å². The second-order valence-electron chi connectivity index (χ2n) is 4.86. The molecule has 1 aromatic carbocycles. The molecule has 0 aromatic heterocycles. The van der Waals surface area contributed by atoms with Crippen molar-refractivity contribution in [2.24, 2.45) is 16.6 Å². The molecule has 0 bridgehead atoms. The van der Waals surface area contributed by atoms with E-state index in [1.165, 1.54) is 12.1 Å². The van der Waals surface area contributed by atoms with Crippen LogP contribution in [0.25, 0.3) is 0 Å². The summed E-state index contributed by atoms with van der Waals surface area (Å²) in [5, 5.41) is 3.46. The highest BCUT2D eigenvalue weighted by Crippen LogP contribution is 2.17. The number of hydrogen-bond donors (Lipinski definition) is 2. The topological polar surface area (TPSA) is 50.4 Å². The molecule has 6 heteroatoms. The van der Waals surface area contributed by atoms with Crippen LogP contribution in [0.1, 0.15) is 25.8 Å². The van der Waals surface area contributed by atoms with Crippen LogP contribution in [0.5, 0.6) is 0 Å². The van der Waals surface area contributed by atoms with E-state index in [0.29, 0.717) is 29.9 Å². The highest BCUT2D eigenvalue weighted by Gasteiger charge is 2.02. The summed E-state index contributed by atoms with van der Waals surface area (Å²) in [6.07, 6.45) is 1.70. The van der Waals surface area contributed by atoms with Crippen molar-refractivity contribution in [3.8, 4) is 0 Å². The second-order valence-corrected chi connectivity index (χ2v) is 5.27. The number of nitrogens with zero attached hydrogens (tertiary/aromatic N) is 1. The molecule has 0 aliphatic carbocycles. The number of guanidine groups is 1. The van der Waals surface area contributed by atoms with Crippen LogP contribution >= 0.6 is 35.6 Å². The van der Waals surface area contributed by atoms with Crippen LogP contribution in [0.4, 0.5) is 4.39 Å². The monoisotopic (exact) mass is 413 g/mol. The van der Waals surface area contributed by atoms with Gasteiger partial charge in [0.05, 0.1) is 0 Å². The van der Waals surface area contributed by atoms with E-state index in [9.17, 15) is 4.39 Å². The van der Waals surface area contributed by atoms with Gasteiger partial charge in [0.2, 0.25) is 0 Å². The zero-order valence-corrected chi connectivity index (χ0v) is 14.9. The molecular weight excluding hydrogens is 392 g/mol. The van der Waals surface area contributed by atoms with E-state index in [1.54, 1.807) is 6.07 Å². The number of benzene rings is 1. The van der Waals surface area contributed by atoms with Crippen LogP contribution in [0.3, 0.4) is 0 Å². The van der Waals surface area contributed by atoms with Crippen LogP contribution < -0.4 is 11.1 Å². The summed E-state index contributed by atoms with van der Waals surface area (Å²) >= 11 is 5.93. The van der Waals surface area contributed by atoms with Gasteiger partial charge < -0.3 is 11.1 Å². The first kappa shape index (κ1) is 19.4. The number of halogens is 3. The van der Waals surface area contributed by atoms with E-state index in [4.69, 9.17) is 17.3 Å². The molecule has 0 saturated carbocycles. The van der Waals surface area contributed by atoms with Gasteiger partial charge in [0.15, 0.2) is 5.96 Å². The molecular formula is C14H22ClFIN3. The van der Waals surface area contributed by atoms with Crippen molar-refractivity contribution >= 4 is 41.5 Å². The summed E-state index contributed by atoms with van der Waals surface area (Å²) in [6, 6.07) is 4.41. The molecule has 0 radical (unpaired) electrons. The van der Waals surface area contributed by atoms with Gasteiger partial charge in [0.25, 0.3) is 0 Å². The van der Waals surface area contributed by atoms with Gasteiger partial charge in [-0.15, -0.1) is 24.0 Å². The van der Waals surface area contributed by atoms with Crippen LogP contribution in [0.2, 0.25) is 5.02 Å². The molecule has 0 aliphatic rings. The van der Waals surface area contributed by atoms with Crippen LogP contribution in [-0.2, 0) is 6.42 Å². The first-order valence-corrected chi connectivity index (χ1v) is 6.84. The van der Waals surface area contributed by atoms with E-state index >= 15 is 0 Å². The summed E-state index contributed by atoms with van der Waals surface area (Å²) in [5.41, 5.74) is 6.63. The lowest BCUT2D eigenvalue weighted by Crippen LogP contribution is -2.33. The predicted octanol–water partition coefficient (Wildman–Crippen LogP) is 3.59. The number of hydrogen-bond acceptors (Lipinski definition) is 1. The van der Waals surface area contributed by atoms with Gasteiger partial charge in [-0.1, -0.05) is 31.5 Å². The maximum absolute atomic E-state index is 12.9. The molecule has 1 rings (SSSR count). The van der Waals surface area contributed by atoms with Gasteiger partial charge in [0.1, 0.15) is 5.82 Å². The zero-order chi connectivity index (χ0) is 14.3. The van der Waals surface area contributed by atoms with Crippen molar-refractivity contribution in [3.05, 3.63) is 34.6 Å². The Bertz CT molecular complexity index is 438.